The van der Waals surface area contributed by atoms with Crippen molar-refractivity contribution in [3.05, 3.63) is 34.9 Å². The van der Waals surface area contributed by atoms with Crippen molar-refractivity contribution >= 4 is 5.91 Å². The van der Waals surface area contributed by atoms with Crippen molar-refractivity contribution in [1.82, 2.24) is 4.90 Å². The first-order valence-corrected chi connectivity index (χ1v) is 7.02. The molecule has 0 bridgehead atoms. The number of rotatable bonds is 4. The lowest BCUT2D eigenvalue weighted by Crippen LogP contribution is -2.36. The van der Waals surface area contributed by atoms with Crippen molar-refractivity contribution in [1.29, 1.82) is 0 Å². The standard InChI is InChI=1S/C17H23NO2/c1-5-18(13(2)3)17(20)16-10-9-14(4)15(12-16)8-6-7-11-19/h9-10,12-13,19H,5,7,11H2,1-4H3. The minimum atomic E-state index is 0.0349. The van der Waals surface area contributed by atoms with E-state index in [9.17, 15) is 4.79 Å². The molecule has 3 heteroatoms. The Kier molecular flexibility index (Phi) is 6.27. The molecule has 0 aromatic heterocycles. The molecule has 3 nitrogen and oxygen atoms in total. The molecule has 1 aromatic rings. The van der Waals surface area contributed by atoms with Crippen molar-refractivity contribution in [3.63, 3.8) is 0 Å². The van der Waals surface area contributed by atoms with Crippen LogP contribution in [-0.4, -0.2) is 35.1 Å². The summed E-state index contributed by atoms with van der Waals surface area (Å²) in [6, 6.07) is 5.79. The van der Waals surface area contributed by atoms with E-state index in [4.69, 9.17) is 5.11 Å². The number of aryl methyl sites for hydroxylation is 1. The van der Waals surface area contributed by atoms with Gasteiger partial charge in [0.05, 0.1) is 6.61 Å². The third-order valence-electron chi connectivity index (χ3n) is 3.17. The Labute approximate surface area is 121 Å². The van der Waals surface area contributed by atoms with Crippen LogP contribution in [0.2, 0.25) is 0 Å². The van der Waals surface area contributed by atoms with Gasteiger partial charge in [0.25, 0.3) is 5.91 Å². The Morgan fingerprint density at radius 1 is 1.40 bits per heavy atom. The highest BCUT2D eigenvalue weighted by atomic mass is 16.2. The lowest BCUT2D eigenvalue weighted by atomic mass is 10.0. The van der Waals surface area contributed by atoms with E-state index in [0.29, 0.717) is 18.5 Å². The molecule has 0 saturated heterocycles. The number of hydrogen-bond acceptors (Lipinski definition) is 2. The molecule has 0 fully saturated rings. The normalized spacial score (nSPS) is 10.1. The van der Waals surface area contributed by atoms with E-state index in [1.165, 1.54) is 0 Å². The van der Waals surface area contributed by atoms with Crippen LogP contribution in [0.4, 0.5) is 0 Å². The Morgan fingerprint density at radius 2 is 2.10 bits per heavy atom. The summed E-state index contributed by atoms with van der Waals surface area (Å²) in [4.78, 5) is 14.3. The van der Waals surface area contributed by atoms with Gasteiger partial charge in [0.15, 0.2) is 0 Å². The van der Waals surface area contributed by atoms with Gasteiger partial charge < -0.3 is 10.0 Å². The smallest absolute Gasteiger partial charge is 0.254 e. The molecule has 1 N–H and O–H groups in total. The molecule has 1 aromatic carbocycles. The second-order valence-corrected chi connectivity index (χ2v) is 4.99. The van der Waals surface area contributed by atoms with Crippen LogP contribution in [0.5, 0.6) is 0 Å². The molecule has 0 spiro atoms. The first-order chi connectivity index (χ1) is 9.51. The number of nitrogens with zero attached hydrogens (tertiary/aromatic N) is 1. The van der Waals surface area contributed by atoms with Crippen LogP contribution in [0.3, 0.4) is 0 Å². The minimum Gasteiger partial charge on any atom is -0.395 e. The fraction of sp³-hybridized carbons (Fsp3) is 0.471. The number of benzene rings is 1. The van der Waals surface area contributed by atoms with Crippen LogP contribution in [0.25, 0.3) is 0 Å². The van der Waals surface area contributed by atoms with Gasteiger partial charge in [-0.25, -0.2) is 0 Å². The van der Waals surface area contributed by atoms with E-state index in [0.717, 1.165) is 11.1 Å². The predicted molar refractivity (Wildman–Crippen MR) is 81.6 cm³/mol. The molecule has 0 aliphatic rings. The zero-order valence-corrected chi connectivity index (χ0v) is 12.7. The van der Waals surface area contributed by atoms with Crippen LogP contribution in [-0.2, 0) is 0 Å². The maximum atomic E-state index is 12.4. The average Bonchev–Trinajstić information content (AvgIpc) is 2.41. The molecule has 0 aliphatic carbocycles. The molecule has 0 radical (unpaired) electrons. The minimum absolute atomic E-state index is 0.0349. The van der Waals surface area contributed by atoms with Crippen LogP contribution in [0.1, 0.15) is 48.7 Å². The molecule has 20 heavy (non-hydrogen) atoms. The monoisotopic (exact) mass is 273 g/mol. The predicted octanol–water partition coefficient (Wildman–Crippen LogP) is 2.60. The van der Waals surface area contributed by atoms with Gasteiger partial charge >= 0.3 is 0 Å². The number of aliphatic hydroxyl groups excluding tert-OH is 1. The van der Waals surface area contributed by atoms with Gasteiger partial charge in [0, 0.05) is 30.1 Å². The van der Waals surface area contributed by atoms with E-state index in [1.807, 2.05) is 50.8 Å². The van der Waals surface area contributed by atoms with Gasteiger partial charge in [-0.05, 0) is 45.4 Å². The highest BCUT2D eigenvalue weighted by Gasteiger charge is 2.17. The Balaban J connectivity index is 3.06. The first-order valence-electron chi connectivity index (χ1n) is 7.02. The third-order valence-corrected chi connectivity index (χ3v) is 3.17. The second kappa shape index (κ2) is 7.72. The molecule has 0 aliphatic heterocycles. The Morgan fingerprint density at radius 3 is 2.65 bits per heavy atom. The molecule has 0 saturated carbocycles. The van der Waals surface area contributed by atoms with Crippen LogP contribution in [0, 0.1) is 18.8 Å². The SMILES string of the molecule is CCN(C(=O)c1ccc(C)c(C#CCCO)c1)C(C)C. The molecule has 1 rings (SSSR count). The summed E-state index contributed by atoms with van der Waals surface area (Å²) < 4.78 is 0. The molecular weight excluding hydrogens is 250 g/mol. The number of aliphatic hydroxyl groups is 1. The molecule has 0 heterocycles. The number of hydrogen-bond donors (Lipinski definition) is 1. The van der Waals surface area contributed by atoms with Crippen LogP contribution >= 0.6 is 0 Å². The summed E-state index contributed by atoms with van der Waals surface area (Å²) >= 11 is 0. The zero-order valence-electron chi connectivity index (χ0n) is 12.7. The average molecular weight is 273 g/mol. The summed E-state index contributed by atoms with van der Waals surface area (Å²) in [6.07, 6.45) is 0.449. The van der Waals surface area contributed by atoms with Crippen LogP contribution < -0.4 is 0 Å². The molecule has 1 amide bonds. The molecule has 0 unspecified atom stereocenters. The van der Waals surface area contributed by atoms with Crippen molar-refractivity contribution in [2.75, 3.05) is 13.2 Å². The maximum Gasteiger partial charge on any atom is 0.254 e. The van der Waals surface area contributed by atoms with E-state index < -0.39 is 0 Å². The van der Waals surface area contributed by atoms with E-state index in [1.54, 1.807) is 0 Å². The molecular formula is C17H23NO2. The highest BCUT2D eigenvalue weighted by Crippen LogP contribution is 2.14. The Hall–Kier alpha value is -1.79. The van der Waals surface area contributed by atoms with Gasteiger partial charge in [-0.3, -0.25) is 4.79 Å². The van der Waals surface area contributed by atoms with Crippen LogP contribution in [0.15, 0.2) is 18.2 Å². The van der Waals surface area contributed by atoms with Crippen molar-refractivity contribution in [3.8, 4) is 11.8 Å². The third kappa shape index (κ3) is 4.11. The van der Waals surface area contributed by atoms with E-state index >= 15 is 0 Å². The first kappa shape index (κ1) is 16.3. The number of carbonyl (C=O) groups excluding carboxylic acids is 1. The topological polar surface area (TPSA) is 40.5 Å². The maximum absolute atomic E-state index is 12.4. The van der Waals surface area contributed by atoms with E-state index in [2.05, 4.69) is 11.8 Å². The molecule has 0 atom stereocenters. The number of amides is 1. The van der Waals surface area contributed by atoms with Gasteiger partial charge in [0.1, 0.15) is 0 Å². The number of carbonyl (C=O) groups is 1. The Bertz CT molecular complexity index is 524. The van der Waals surface area contributed by atoms with Crippen molar-refractivity contribution in [2.45, 2.75) is 40.2 Å². The summed E-state index contributed by atoms with van der Waals surface area (Å²) in [5.74, 6) is 5.95. The largest absolute Gasteiger partial charge is 0.395 e. The highest BCUT2D eigenvalue weighted by molar-refractivity contribution is 5.94. The van der Waals surface area contributed by atoms with Gasteiger partial charge in [0.2, 0.25) is 0 Å². The van der Waals surface area contributed by atoms with Gasteiger partial charge in [-0.15, -0.1) is 0 Å². The summed E-state index contributed by atoms with van der Waals surface area (Å²) in [5.41, 5.74) is 2.56. The zero-order chi connectivity index (χ0) is 15.1. The van der Waals surface area contributed by atoms with E-state index in [-0.39, 0.29) is 18.6 Å². The molecule has 108 valence electrons. The lowest BCUT2D eigenvalue weighted by Gasteiger charge is -2.25. The second-order valence-electron chi connectivity index (χ2n) is 4.99. The summed E-state index contributed by atoms with van der Waals surface area (Å²) in [5, 5.41) is 8.76. The van der Waals surface area contributed by atoms with Crippen molar-refractivity contribution in [2.24, 2.45) is 0 Å². The summed E-state index contributed by atoms with van der Waals surface area (Å²) in [7, 11) is 0. The van der Waals surface area contributed by atoms with Gasteiger partial charge in [-0.1, -0.05) is 17.9 Å². The fourth-order valence-electron chi connectivity index (χ4n) is 2.01. The summed E-state index contributed by atoms with van der Waals surface area (Å²) in [6.45, 7) is 8.72. The van der Waals surface area contributed by atoms with Crippen molar-refractivity contribution < 1.29 is 9.90 Å². The van der Waals surface area contributed by atoms with Gasteiger partial charge in [-0.2, -0.15) is 0 Å². The lowest BCUT2D eigenvalue weighted by molar-refractivity contribution is 0.0717. The quantitative estimate of drug-likeness (QED) is 0.857. The fourth-order valence-corrected chi connectivity index (χ4v) is 2.01.